The van der Waals surface area contributed by atoms with Crippen LogP contribution in [0, 0.1) is 0 Å². The maximum absolute atomic E-state index is 12.4. The van der Waals surface area contributed by atoms with Crippen molar-refractivity contribution in [2.45, 2.75) is 13.8 Å². The molecule has 0 aliphatic rings. The molecule has 0 radical (unpaired) electrons. The lowest BCUT2D eigenvalue weighted by atomic mass is 10.1. The van der Waals surface area contributed by atoms with Crippen molar-refractivity contribution in [3.05, 3.63) is 59.8 Å². The van der Waals surface area contributed by atoms with E-state index in [0.29, 0.717) is 22.9 Å². The number of anilines is 1. The molecule has 0 saturated carbocycles. The highest BCUT2D eigenvalue weighted by Crippen LogP contribution is 2.31. The molecular weight excluding hydrogens is 394 g/mol. The van der Waals surface area contributed by atoms with E-state index in [4.69, 9.17) is 9.47 Å². The summed E-state index contributed by atoms with van der Waals surface area (Å²) in [4.78, 5) is 14.6. The fourth-order valence-corrected chi connectivity index (χ4v) is 3.17. The molecule has 31 heavy (non-hydrogen) atoms. The van der Waals surface area contributed by atoms with Gasteiger partial charge in [0.15, 0.2) is 11.5 Å². The van der Waals surface area contributed by atoms with Crippen molar-refractivity contribution in [2.75, 3.05) is 32.2 Å². The third-order valence-corrected chi connectivity index (χ3v) is 4.90. The Bertz CT molecular complexity index is 1040. The summed E-state index contributed by atoms with van der Waals surface area (Å²) in [7, 11) is 3.15. The Morgan fingerprint density at radius 1 is 1.06 bits per heavy atom. The normalized spacial score (nSPS) is 10.8. The standard InChI is InChI=1S/C23H27N5O3/c1-5-28(6-2)18-10-7-16(8-11-18)15-24-27-23(29)20-14-19(25-26-20)17-9-12-21(30-3)22(13-17)31-4/h7-15H,5-6H2,1-4H3,(H,25,26)(H,27,29)/b24-15+. The summed E-state index contributed by atoms with van der Waals surface area (Å²) in [5.74, 6) is 0.833. The molecule has 2 aromatic carbocycles. The Morgan fingerprint density at radius 2 is 1.77 bits per heavy atom. The number of carbonyl (C=O) groups is 1. The predicted molar refractivity (Wildman–Crippen MR) is 122 cm³/mol. The van der Waals surface area contributed by atoms with E-state index in [2.05, 4.69) is 39.5 Å². The number of hydrazone groups is 1. The molecule has 162 valence electrons. The zero-order valence-electron chi connectivity index (χ0n) is 18.2. The van der Waals surface area contributed by atoms with Gasteiger partial charge in [-0.05, 0) is 55.8 Å². The molecule has 8 nitrogen and oxygen atoms in total. The Kier molecular flexibility index (Phi) is 7.26. The van der Waals surface area contributed by atoms with Gasteiger partial charge in [-0.2, -0.15) is 10.2 Å². The van der Waals surface area contributed by atoms with Crippen LogP contribution >= 0.6 is 0 Å². The molecular formula is C23H27N5O3. The molecule has 3 rings (SSSR count). The molecule has 0 atom stereocenters. The number of benzene rings is 2. The Labute approximate surface area is 181 Å². The van der Waals surface area contributed by atoms with Crippen molar-refractivity contribution in [1.29, 1.82) is 0 Å². The minimum atomic E-state index is -0.379. The number of H-pyrrole nitrogens is 1. The summed E-state index contributed by atoms with van der Waals surface area (Å²) < 4.78 is 10.6. The molecule has 8 heteroatoms. The SMILES string of the molecule is CCN(CC)c1ccc(/C=N/NC(=O)c2cc(-c3ccc(OC)c(OC)c3)n[nH]2)cc1. The topological polar surface area (TPSA) is 91.8 Å². The maximum Gasteiger partial charge on any atom is 0.289 e. The first-order valence-corrected chi connectivity index (χ1v) is 10.1. The second kappa shape index (κ2) is 10.3. The van der Waals surface area contributed by atoms with E-state index < -0.39 is 0 Å². The van der Waals surface area contributed by atoms with Crippen molar-refractivity contribution >= 4 is 17.8 Å². The van der Waals surface area contributed by atoms with E-state index in [1.807, 2.05) is 30.3 Å². The third kappa shape index (κ3) is 5.22. The number of aromatic nitrogens is 2. The van der Waals surface area contributed by atoms with Crippen molar-refractivity contribution in [1.82, 2.24) is 15.6 Å². The van der Waals surface area contributed by atoms with Gasteiger partial charge in [0.25, 0.3) is 5.91 Å². The summed E-state index contributed by atoms with van der Waals surface area (Å²) in [6.45, 7) is 6.16. The first-order valence-electron chi connectivity index (χ1n) is 10.1. The van der Waals surface area contributed by atoms with Gasteiger partial charge >= 0.3 is 0 Å². The van der Waals surface area contributed by atoms with Gasteiger partial charge in [-0.25, -0.2) is 5.43 Å². The van der Waals surface area contributed by atoms with Crippen molar-refractivity contribution < 1.29 is 14.3 Å². The van der Waals surface area contributed by atoms with Crippen LogP contribution in [0.4, 0.5) is 5.69 Å². The summed E-state index contributed by atoms with van der Waals surface area (Å²) in [5.41, 5.74) is 6.28. The summed E-state index contributed by atoms with van der Waals surface area (Å²) in [6.07, 6.45) is 1.61. The van der Waals surface area contributed by atoms with Crippen LogP contribution in [0.2, 0.25) is 0 Å². The number of carbonyl (C=O) groups excluding carboxylic acids is 1. The first kappa shape index (κ1) is 21.9. The molecule has 0 spiro atoms. The van der Waals surface area contributed by atoms with Crippen LogP contribution in [-0.2, 0) is 0 Å². The molecule has 0 fully saturated rings. The number of aromatic amines is 1. The lowest BCUT2D eigenvalue weighted by Gasteiger charge is -2.20. The molecule has 0 aliphatic carbocycles. The average molecular weight is 422 g/mol. The van der Waals surface area contributed by atoms with Gasteiger partial charge in [-0.15, -0.1) is 0 Å². The molecule has 1 amide bonds. The van der Waals surface area contributed by atoms with E-state index >= 15 is 0 Å². The highest BCUT2D eigenvalue weighted by atomic mass is 16.5. The zero-order chi connectivity index (χ0) is 22.2. The van der Waals surface area contributed by atoms with Gasteiger partial charge in [0, 0.05) is 24.3 Å². The van der Waals surface area contributed by atoms with Gasteiger partial charge in [0.05, 0.1) is 26.1 Å². The van der Waals surface area contributed by atoms with Crippen LogP contribution in [0.1, 0.15) is 29.9 Å². The minimum Gasteiger partial charge on any atom is -0.493 e. The van der Waals surface area contributed by atoms with Crippen LogP contribution in [0.15, 0.2) is 53.6 Å². The third-order valence-electron chi connectivity index (χ3n) is 4.90. The quantitative estimate of drug-likeness (QED) is 0.406. The second-order valence-corrected chi connectivity index (χ2v) is 6.70. The first-order chi connectivity index (χ1) is 15.1. The molecule has 1 aromatic heterocycles. The number of rotatable bonds is 9. The zero-order valence-corrected chi connectivity index (χ0v) is 18.2. The van der Waals surface area contributed by atoms with Gasteiger partial charge in [-0.1, -0.05) is 12.1 Å². The van der Waals surface area contributed by atoms with E-state index in [1.165, 1.54) is 0 Å². The lowest BCUT2D eigenvalue weighted by Crippen LogP contribution is -2.21. The summed E-state index contributed by atoms with van der Waals surface area (Å²) in [6, 6.07) is 15.1. The largest absolute Gasteiger partial charge is 0.493 e. The van der Waals surface area contributed by atoms with Crippen LogP contribution in [0.3, 0.4) is 0 Å². The van der Waals surface area contributed by atoms with Gasteiger partial charge in [-0.3, -0.25) is 9.89 Å². The lowest BCUT2D eigenvalue weighted by molar-refractivity contribution is 0.0950. The number of hydrogen-bond acceptors (Lipinski definition) is 6. The molecule has 0 saturated heterocycles. The van der Waals surface area contributed by atoms with E-state index in [0.717, 1.165) is 29.9 Å². The second-order valence-electron chi connectivity index (χ2n) is 6.70. The van der Waals surface area contributed by atoms with Crippen molar-refractivity contribution in [3.8, 4) is 22.8 Å². The van der Waals surface area contributed by atoms with E-state index in [1.54, 1.807) is 38.6 Å². The fraction of sp³-hybridized carbons (Fsp3) is 0.261. The predicted octanol–water partition coefficient (Wildman–Crippen LogP) is 3.70. The summed E-state index contributed by atoms with van der Waals surface area (Å²) >= 11 is 0. The Balaban J connectivity index is 1.64. The molecule has 3 aromatic rings. The maximum atomic E-state index is 12.4. The van der Waals surface area contributed by atoms with E-state index in [-0.39, 0.29) is 5.91 Å². The molecule has 2 N–H and O–H groups in total. The van der Waals surface area contributed by atoms with Gasteiger partial charge in [0.1, 0.15) is 5.69 Å². The molecule has 0 unspecified atom stereocenters. The number of nitrogens with one attached hydrogen (secondary N) is 2. The van der Waals surface area contributed by atoms with Crippen LogP contribution in [-0.4, -0.2) is 49.6 Å². The average Bonchev–Trinajstić information content (AvgIpc) is 3.31. The van der Waals surface area contributed by atoms with E-state index in [9.17, 15) is 4.79 Å². The highest BCUT2D eigenvalue weighted by Gasteiger charge is 2.12. The van der Waals surface area contributed by atoms with Gasteiger partial charge in [0.2, 0.25) is 0 Å². The number of hydrogen-bond donors (Lipinski definition) is 2. The smallest absolute Gasteiger partial charge is 0.289 e. The van der Waals surface area contributed by atoms with Crippen molar-refractivity contribution in [3.63, 3.8) is 0 Å². The Morgan fingerprint density at radius 3 is 2.42 bits per heavy atom. The van der Waals surface area contributed by atoms with Crippen LogP contribution in [0.5, 0.6) is 11.5 Å². The number of ether oxygens (including phenoxy) is 2. The number of amides is 1. The van der Waals surface area contributed by atoms with Crippen molar-refractivity contribution in [2.24, 2.45) is 5.10 Å². The minimum absolute atomic E-state index is 0.304. The number of nitrogens with zero attached hydrogens (tertiary/aromatic N) is 3. The highest BCUT2D eigenvalue weighted by molar-refractivity contribution is 5.94. The molecule has 0 bridgehead atoms. The van der Waals surface area contributed by atoms with Crippen LogP contribution < -0.4 is 19.8 Å². The molecule has 0 aliphatic heterocycles. The van der Waals surface area contributed by atoms with Gasteiger partial charge < -0.3 is 14.4 Å². The fourth-order valence-electron chi connectivity index (χ4n) is 3.17. The Hall–Kier alpha value is -3.81. The molecule has 1 heterocycles. The number of methoxy groups -OCH3 is 2. The van der Waals surface area contributed by atoms with Crippen LogP contribution in [0.25, 0.3) is 11.3 Å². The monoisotopic (exact) mass is 421 g/mol. The summed E-state index contributed by atoms with van der Waals surface area (Å²) in [5, 5.41) is 11.0.